The number of rotatable bonds is 6. The molecule has 0 radical (unpaired) electrons. The van der Waals surface area contributed by atoms with Gasteiger partial charge in [-0.3, -0.25) is 9.78 Å². The second-order valence-corrected chi connectivity index (χ2v) is 4.25. The molecule has 2 N–H and O–H groups in total. The molecule has 5 nitrogen and oxygen atoms in total. The molecule has 0 atom stereocenters. The Morgan fingerprint density at radius 3 is 3.00 bits per heavy atom. The van der Waals surface area contributed by atoms with Crippen molar-refractivity contribution in [1.29, 1.82) is 0 Å². The van der Waals surface area contributed by atoms with Crippen LogP contribution in [0.15, 0.2) is 18.5 Å². The van der Waals surface area contributed by atoms with Crippen molar-refractivity contribution in [1.82, 2.24) is 25.3 Å². The van der Waals surface area contributed by atoms with Crippen LogP contribution in [0.25, 0.3) is 0 Å². The summed E-state index contributed by atoms with van der Waals surface area (Å²) < 4.78 is 1.90. The summed E-state index contributed by atoms with van der Waals surface area (Å²) in [5, 5.41) is 14.5. The van der Waals surface area contributed by atoms with Crippen LogP contribution >= 0.6 is 0 Å². The Balaban J connectivity index is 1.64. The van der Waals surface area contributed by atoms with Crippen molar-refractivity contribution >= 4 is 0 Å². The van der Waals surface area contributed by atoms with Gasteiger partial charge in [0.25, 0.3) is 0 Å². The Bertz CT molecular complexity index is 415. The van der Waals surface area contributed by atoms with Gasteiger partial charge >= 0.3 is 0 Å². The summed E-state index contributed by atoms with van der Waals surface area (Å²) in [6.07, 6.45) is 5.93. The highest BCUT2D eigenvalue weighted by molar-refractivity contribution is 5.14. The quantitative estimate of drug-likeness (QED) is 0.736. The molecule has 0 aliphatic heterocycles. The van der Waals surface area contributed by atoms with Gasteiger partial charge in [-0.25, -0.2) is 0 Å². The van der Waals surface area contributed by atoms with Crippen molar-refractivity contribution in [3.63, 3.8) is 0 Å². The first kappa shape index (κ1) is 11.9. The molecule has 0 spiro atoms. The lowest BCUT2D eigenvalue weighted by atomic mass is 10.1. The van der Waals surface area contributed by atoms with Crippen molar-refractivity contribution in [2.45, 2.75) is 26.3 Å². The Labute approximate surface area is 101 Å². The lowest BCUT2D eigenvalue weighted by molar-refractivity contribution is 0.606. The Morgan fingerprint density at radius 1 is 1.47 bits per heavy atom. The predicted octanol–water partition coefficient (Wildman–Crippen LogP) is 1.17. The van der Waals surface area contributed by atoms with Crippen LogP contribution in [0.3, 0.4) is 0 Å². The molecule has 0 saturated heterocycles. The van der Waals surface area contributed by atoms with Crippen LogP contribution in [-0.4, -0.2) is 26.5 Å². The monoisotopic (exact) mass is 233 g/mol. The van der Waals surface area contributed by atoms with Crippen molar-refractivity contribution < 1.29 is 0 Å². The standard InChI is InChI=1S/C12H19N5/c1-10-11(8-14-16-10)4-3-6-13-9-12-5-7-15-17(12)2/h5,7-8,13H,3-4,6,9H2,1-2H3,(H,14,16). The van der Waals surface area contributed by atoms with Crippen molar-refractivity contribution in [2.24, 2.45) is 7.05 Å². The number of nitrogens with zero attached hydrogens (tertiary/aromatic N) is 3. The SMILES string of the molecule is Cc1[nH]ncc1CCCNCc1ccnn1C. The fraction of sp³-hybridized carbons (Fsp3) is 0.500. The van der Waals surface area contributed by atoms with Gasteiger partial charge in [-0.15, -0.1) is 0 Å². The van der Waals surface area contributed by atoms with Crippen molar-refractivity contribution in [3.05, 3.63) is 35.4 Å². The van der Waals surface area contributed by atoms with E-state index in [9.17, 15) is 0 Å². The van der Waals surface area contributed by atoms with E-state index >= 15 is 0 Å². The first-order valence-electron chi connectivity index (χ1n) is 5.94. The van der Waals surface area contributed by atoms with Gasteiger partial charge in [0, 0.05) is 25.5 Å². The topological polar surface area (TPSA) is 58.5 Å². The molecule has 0 aliphatic rings. The van der Waals surface area contributed by atoms with Gasteiger partial charge in [0.1, 0.15) is 0 Å². The van der Waals surface area contributed by atoms with Crippen molar-refractivity contribution in [2.75, 3.05) is 6.54 Å². The maximum Gasteiger partial charge on any atom is 0.0522 e. The lowest BCUT2D eigenvalue weighted by Gasteiger charge is -2.04. The Morgan fingerprint density at radius 2 is 2.35 bits per heavy atom. The molecule has 0 saturated carbocycles. The van der Waals surface area contributed by atoms with Crippen LogP contribution < -0.4 is 5.32 Å². The van der Waals surface area contributed by atoms with Gasteiger partial charge in [-0.05, 0) is 37.9 Å². The summed E-state index contributed by atoms with van der Waals surface area (Å²) in [5.41, 5.74) is 3.70. The average molecular weight is 233 g/mol. The summed E-state index contributed by atoms with van der Waals surface area (Å²) in [6.45, 7) is 3.95. The van der Waals surface area contributed by atoms with Gasteiger partial charge in [0.15, 0.2) is 0 Å². The molecule has 0 bridgehead atoms. The molecule has 2 rings (SSSR count). The molecular weight excluding hydrogens is 214 g/mol. The predicted molar refractivity (Wildman–Crippen MR) is 66.6 cm³/mol. The number of aromatic amines is 1. The fourth-order valence-electron chi connectivity index (χ4n) is 1.82. The molecule has 2 aromatic heterocycles. The van der Waals surface area contributed by atoms with Gasteiger partial charge < -0.3 is 5.32 Å². The number of hydrogen-bond acceptors (Lipinski definition) is 3. The van der Waals surface area contributed by atoms with E-state index in [4.69, 9.17) is 0 Å². The maximum absolute atomic E-state index is 4.13. The zero-order valence-electron chi connectivity index (χ0n) is 10.4. The van der Waals surface area contributed by atoms with E-state index in [1.54, 1.807) is 0 Å². The third kappa shape index (κ3) is 3.17. The van der Waals surface area contributed by atoms with Crippen LogP contribution in [0.4, 0.5) is 0 Å². The van der Waals surface area contributed by atoms with E-state index in [0.29, 0.717) is 0 Å². The van der Waals surface area contributed by atoms with E-state index in [1.807, 2.05) is 30.2 Å². The molecule has 0 fully saturated rings. The second-order valence-electron chi connectivity index (χ2n) is 4.25. The summed E-state index contributed by atoms with van der Waals surface area (Å²) in [6, 6.07) is 2.03. The molecule has 17 heavy (non-hydrogen) atoms. The summed E-state index contributed by atoms with van der Waals surface area (Å²) >= 11 is 0. The first-order chi connectivity index (χ1) is 8.27. The van der Waals surface area contributed by atoms with E-state index < -0.39 is 0 Å². The van der Waals surface area contributed by atoms with Crippen LogP contribution in [0.1, 0.15) is 23.4 Å². The molecule has 92 valence electrons. The van der Waals surface area contributed by atoms with Gasteiger partial charge in [0.2, 0.25) is 0 Å². The molecule has 2 aromatic rings. The van der Waals surface area contributed by atoms with Crippen LogP contribution in [0, 0.1) is 6.92 Å². The van der Waals surface area contributed by atoms with E-state index in [1.165, 1.54) is 17.0 Å². The number of aromatic nitrogens is 4. The summed E-state index contributed by atoms with van der Waals surface area (Å²) in [5.74, 6) is 0. The minimum Gasteiger partial charge on any atom is -0.311 e. The van der Waals surface area contributed by atoms with E-state index in [2.05, 4.69) is 27.5 Å². The van der Waals surface area contributed by atoms with Gasteiger partial charge in [-0.1, -0.05) is 0 Å². The minimum absolute atomic E-state index is 0.876. The minimum atomic E-state index is 0.876. The lowest BCUT2D eigenvalue weighted by Crippen LogP contribution is -2.17. The normalized spacial score (nSPS) is 10.9. The molecule has 0 amide bonds. The van der Waals surface area contributed by atoms with Crippen LogP contribution in [0.2, 0.25) is 0 Å². The molecular formula is C12H19N5. The van der Waals surface area contributed by atoms with Crippen LogP contribution in [0.5, 0.6) is 0 Å². The summed E-state index contributed by atoms with van der Waals surface area (Å²) in [7, 11) is 1.96. The number of hydrogen-bond donors (Lipinski definition) is 2. The number of H-pyrrole nitrogens is 1. The largest absolute Gasteiger partial charge is 0.311 e. The molecule has 0 unspecified atom stereocenters. The Kier molecular flexibility index (Phi) is 3.93. The van der Waals surface area contributed by atoms with Gasteiger partial charge in [0.05, 0.1) is 11.9 Å². The second kappa shape index (κ2) is 5.63. The molecule has 2 heterocycles. The smallest absolute Gasteiger partial charge is 0.0522 e. The average Bonchev–Trinajstić information content (AvgIpc) is 2.89. The third-order valence-electron chi connectivity index (χ3n) is 2.96. The number of nitrogens with one attached hydrogen (secondary N) is 2. The maximum atomic E-state index is 4.13. The number of aryl methyl sites for hydroxylation is 3. The fourth-order valence-corrected chi connectivity index (χ4v) is 1.82. The molecule has 0 aliphatic carbocycles. The molecule has 5 heteroatoms. The zero-order valence-corrected chi connectivity index (χ0v) is 10.4. The highest BCUT2D eigenvalue weighted by Gasteiger charge is 2.00. The Hall–Kier alpha value is -1.62. The highest BCUT2D eigenvalue weighted by Crippen LogP contribution is 2.05. The highest BCUT2D eigenvalue weighted by atomic mass is 15.3. The third-order valence-corrected chi connectivity index (χ3v) is 2.96. The van der Waals surface area contributed by atoms with Gasteiger partial charge in [-0.2, -0.15) is 10.2 Å². The zero-order chi connectivity index (χ0) is 12.1. The summed E-state index contributed by atoms with van der Waals surface area (Å²) in [4.78, 5) is 0. The first-order valence-corrected chi connectivity index (χ1v) is 5.94. The van der Waals surface area contributed by atoms with E-state index in [0.717, 1.165) is 25.9 Å². The molecule has 0 aromatic carbocycles. The van der Waals surface area contributed by atoms with E-state index in [-0.39, 0.29) is 0 Å². The van der Waals surface area contributed by atoms with Crippen LogP contribution in [-0.2, 0) is 20.0 Å². The van der Waals surface area contributed by atoms with Crippen molar-refractivity contribution in [3.8, 4) is 0 Å².